The lowest BCUT2D eigenvalue weighted by Crippen LogP contribution is -2.55. The maximum Gasteiger partial charge on any atom is 0.246 e. The molecule has 0 unspecified atom stereocenters. The number of carbonyl (C=O) groups excluding carboxylic acids is 2. The van der Waals surface area contributed by atoms with Gasteiger partial charge in [-0.2, -0.15) is 0 Å². The van der Waals surface area contributed by atoms with Crippen LogP contribution < -0.4 is 10.1 Å². The lowest BCUT2D eigenvalue weighted by Gasteiger charge is -2.34. The van der Waals surface area contributed by atoms with Crippen LogP contribution in [0.1, 0.15) is 36.8 Å². The van der Waals surface area contributed by atoms with Crippen molar-refractivity contribution in [2.75, 3.05) is 27.2 Å². The van der Waals surface area contributed by atoms with E-state index in [2.05, 4.69) is 10.2 Å². The molecule has 2 amide bonds. The average Bonchev–Trinajstić information content (AvgIpc) is 3.30. The van der Waals surface area contributed by atoms with Gasteiger partial charge in [-0.3, -0.25) is 9.59 Å². The zero-order valence-electron chi connectivity index (χ0n) is 19.7. The van der Waals surface area contributed by atoms with Gasteiger partial charge < -0.3 is 19.9 Å². The Morgan fingerprint density at radius 2 is 1.76 bits per heavy atom. The van der Waals surface area contributed by atoms with Crippen molar-refractivity contribution in [3.8, 4) is 5.75 Å². The van der Waals surface area contributed by atoms with E-state index >= 15 is 0 Å². The van der Waals surface area contributed by atoms with E-state index in [1.807, 2.05) is 73.6 Å². The number of likely N-dealkylation sites (N-methyl/N-ethyl adjacent to an activating group) is 1. The number of benzene rings is 2. The van der Waals surface area contributed by atoms with Gasteiger partial charge in [-0.25, -0.2) is 0 Å². The normalized spacial score (nSPS) is 19.5. The molecule has 0 saturated heterocycles. The minimum Gasteiger partial charge on any atom is -0.491 e. The molecule has 1 saturated carbocycles. The van der Waals surface area contributed by atoms with Crippen LogP contribution in [0.25, 0.3) is 0 Å². The van der Waals surface area contributed by atoms with Crippen LogP contribution >= 0.6 is 0 Å². The summed E-state index contributed by atoms with van der Waals surface area (Å²) in [6.45, 7) is 1.59. The predicted octanol–water partition coefficient (Wildman–Crippen LogP) is 3.26. The van der Waals surface area contributed by atoms with Crippen molar-refractivity contribution in [3.63, 3.8) is 0 Å². The van der Waals surface area contributed by atoms with Crippen LogP contribution in [0.3, 0.4) is 0 Å². The Kier molecular flexibility index (Phi) is 7.65. The van der Waals surface area contributed by atoms with Crippen molar-refractivity contribution >= 4 is 11.8 Å². The number of rotatable bonds is 7. The smallest absolute Gasteiger partial charge is 0.246 e. The molecule has 1 N–H and O–H groups in total. The van der Waals surface area contributed by atoms with E-state index in [4.69, 9.17) is 4.74 Å². The van der Waals surface area contributed by atoms with Gasteiger partial charge in [-0.15, -0.1) is 0 Å². The highest BCUT2D eigenvalue weighted by atomic mass is 16.5. The number of carbonyl (C=O) groups is 2. The number of fused-ring (bicyclic) bond motifs is 1. The highest BCUT2D eigenvalue weighted by Crippen LogP contribution is 2.27. The van der Waals surface area contributed by atoms with Gasteiger partial charge in [0.2, 0.25) is 11.8 Å². The molecular formula is C27H35N3O3. The summed E-state index contributed by atoms with van der Waals surface area (Å²) >= 11 is 0. The quantitative estimate of drug-likeness (QED) is 0.705. The highest BCUT2D eigenvalue weighted by molar-refractivity contribution is 5.89. The van der Waals surface area contributed by atoms with Crippen LogP contribution in [-0.4, -0.2) is 60.9 Å². The first-order chi connectivity index (χ1) is 16.0. The van der Waals surface area contributed by atoms with E-state index in [1.165, 1.54) is 0 Å². The fourth-order valence-corrected chi connectivity index (χ4v) is 4.92. The molecular weight excluding hydrogens is 414 g/mol. The van der Waals surface area contributed by atoms with Gasteiger partial charge >= 0.3 is 0 Å². The van der Waals surface area contributed by atoms with E-state index in [9.17, 15) is 9.59 Å². The standard InChI is InChI=1S/C27H35N3O3/c1-29(2)18-23-19-33-25-15-9-8-14-22(25)17-30(23)27(32)24(16-20-10-4-3-5-11-20)28-26(31)21-12-6-7-13-21/h3-5,8-11,14-15,21,23-24H,6-7,12-13,16-19H2,1-2H3,(H,28,31)/t23-,24+/m0/s1. The molecule has 0 radical (unpaired) electrons. The summed E-state index contributed by atoms with van der Waals surface area (Å²) in [5.41, 5.74) is 2.03. The van der Waals surface area contributed by atoms with Crippen LogP contribution in [0.4, 0.5) is 0 Å². The van der Waals surface area contributed by atoms with Crippen LogP contribution in [0, 0.1) is 5.92 Å². The number of nitrogens with one attached hydrogen (secondary N) is 1. The molecule has 6 nitrogen and oxygen atoms in total. The Morgan fingerprint density at radius 1 is 1.06 bits per heavy atom. The molecule has 33 heavy (non-hydrogen) atoms. The molecule has 2 aromatic carbocycles. The van der Waals surface area contributed by atoms with Crippen molar-refractivity contribution < 1.29 is 14.3 Å². The number of amides is 2. The molecule has 4 rings (SSSR count). The van der Waals surface area contributed by atoms with Crippen molar-refractivity contribution in [1.82, 2.24) is 15.1 Å². The molecule has 1 heterocycles. The minimum atomic E-state index is -0.601. The van der Waals surface area contributed by atoms with E-state index in [0.29, 0.717) is 26.1 Å². The van der Waals surface area contributed by atoms with E-state index in [-0.39, 0.29) is 23.8 Å². The van der Waals surface area contributed by atoms with Gasteiger partial charge in [0, 0.05) is 31.0 Å². The maximum absolute atomic E-state index is 14.0. The second-order valence-corrected chi connectivity index (χ2v) is 9.53. The highest BCUT2D eigenvalue weighted by Gasteiger charge is 2.35. The first-order valence-corrected chi connectivity index (χ1v) is 12.0. The topological polar surface area (TPSA) is 61.9 Å². The monoisotopic (exact) mass is 449 g/mol. The first kappa shape index (κ1) is 23.3. The third-order valence-corrected chi connectivity index (χ3v) is 6.67. The minimum absolute atomic E-state index is 0.0115. The Hall–Kier alpha value is -2.86. The van der Waals surface area contributed by atoms with Gasteiger partial charge in [-0.05, 0) is 38.6 Å². The van der Waals surface area contributed by atoms with E-state index in [0.717, 1.165) is 42.6 Å². The first-order valence-electron chi connectivity index (χ1n) is 12.0. The summed E-state index contributed by atoms with van der Waals surface area (Å²) in [5.74, 6) is 0.808. The SMILES string of the molecule is CN(C)C[C@H]1COc2ccccc2CN1C(=O)[C@@H](Cc1ccccc1)NC(=O)C1CCCC1. The number of para-hydroxylation sites is 1. The number of ether oxygens (including phenoxy) is 1. The third-order valence-electron chi connectivity index (χ3n) is 6.67. The Morgan fingerprint density at radius 3 is 2.48 bits per heavy atom. The van der Waals surface area contributed by atoms with E-state index in [1.54, 1.807) is 0 Å². The van der Waals surface area contributed by atoms with E-state index < -0.39 is 6.04 Å². The molecule has 176 valence electrons. The average molecular weight is 450 g/mol. The largest absolute Gasteiger partial charge is 0.491 e. The fraction of sp³-hybridized carbons (Fsp3) is 0.481. The summed E-state index contributed by atoms with van der Waals surface area (Å²) in [6.07, 6.45) is 4.46. The van der Waals surface area contributed by atoms with Crippen molar-refractivity contribution in [2.45, 2.75) is 50.7 Å². The Balaban J connectivity index is 1.61. The summed E-state index contributed by atoms with van der Waals surface area (Å²) in [4.78, 5) is 31.1. The molecule has 2 atom stereocenters. The van der Waals surface area contributed by atoms with Crippen molar-refractivity contribution in [3.05, 3.63) is 65.7 Å². The van der Waals surface area contributed by atoms with Crippen LogP contribution in [0.5, 0.6) is 5.75 Å². The molecule has 2 aromatic rings. The summed E-state index contributed by atoms with van der Waals surface area (Å²) in [5, 5.41) is 3.14. The maximum atomic E-state index is 14.0. The van der Waals surface area contributed by atoms with Crippen molar-refractivity contribution in [2.24, 2.45) is 5.92 Å². The van der Waals surface area contributed by atoms with Gasteiger partial charge in [0.1, 0.15) is 18.4 Å². The van der Waals surface area contributed by atoms with Crippen LogP contribution in [0.15, 0.2) is 54.6 Å². The van der Waals surface area contributed by atoms with Crippen LogP contribution in [-0.2, 0) is 22.6 Å². The zero-order valence-corrected chi connectivity index (χ0v) is 19.7. The van der Waals surface area contributed by atoms with Crippen LogP contribution in [0.2, 0.25) is 0 Å². The fourth-order valence-electron chi connectivity index (χ4n) is 4.92. The van der Waals surface area contributed by atoms with Gasteiger partial charge in [0.15, 0.2) is 0 Å². The molecule has 0 spiro atoms. The molecule has 1 aliphatic carbocycles. The molecule has 0 bridgehead atoms. The second kappa shape index (κ2) is 10.8. The van der Waals surface area contributed by atoms with Gasteiger partial charge in [-0.1, -0.05) is 61.4 Å². The number of hydrogen-bond acceptors (Lipinski definition) is 4. The molecule has 6 heteroatoms. The second-order valence-electron chi connectivity index (χ2n) is 9.53. The predicted molar refractivity (Wildman–Crippen MR) is 129 cm³/mol. The lowest BCUT2D eigenvalue weighted by atomic mass is 10.0. The van der Waals surface area contributed by atoms with Crippen molar-refractivity contribution in [1.29, 1.82) is 0 Å². The summed E-state index contributed by atoms with van der Waals surface area (Å²) in [6, 6.07) is 17.1. The zero-order chi connectivity index (χ0) is 23.2. The third kappa shape index (κ3) is 5.93. The van der Waals surface area contributed by atoms with Gasteiger partial charge in [0.05, 0.1) is 6.04 Å². The molecule has 1 fully saturated rings. The summed E-state index contributed by atoms with van der Waals surface area (Å²) < 4.78 is 6.09. The number of hydrogen-bond donors (Lipinski definition) is 1. The molecule has 1 aliphatic heterocycles. The Bertz CT molecular complexity index is 941. The number of nitrogens with zero attached hydrogens (tertiary/aromatic N) is 2. The van der Waals surface area contributed by atoms with Gasteiger partial charge in [0.25, 0.3) is 0 Å². The molecule has 2 aliphatic rings. The lowest BCUT2D eigenvalue weighted by molar-refractivity contribution is -0.140. The Labute approximate surface area is 196 Å². The molecule has 0 aromatic heterocycles. The summed E-state index contributed by atoms with van der Waals surface area (Å²) in [7, 11) is 4.01.